The molecule has 0 aromatic heterocycles. The third-order valence-corrected chi connectivity index (χ3v) is 2.34. The molecule has 0 spiro atoms. The molecule has 2 rings (SSSR count). The minimum atomic E-state index is 0.708. The zero-order valence-electron chi connectivity index (χ0n) is 7.96. The largest absolute Gasteiger partial charge is 0.493 e. The molecule has 0 saturated heterocycles. The van der Waals surface area contributed by atoms with Crippen molar-refractivity contribution in [1.82, 2.24) is 0 Å². The van der Waals surface area contributed by atoms with Gasteiger partial charge in [-0.05, 0) is 30.4 Å². The highest BCUT2D eigenvalue weighted by Gasteiger charge is 2.24. The fourth-order valence-corrected chi connectivity index (χ4v) is 1.42. The Balaban J connectivity index is 2.31. The van der Waals surface area contributed by atoms with Gasteiger partial charge < -0.3 is 9.47 Å². The minimum Gasteiger partial charge on any atom is -0.493 e. The Morgan fingerprint density at radius 3 is 2.54 bits per heavy atom. The van der Waals surface area contributed by atoms with Crippen LogP contribution in [0.25, 0.3) is 0 Å². The molecule has 2 heteroatoms. The number of ether oxygens (including phenoxy) is 2. The predicted molar refractivity (Wildman–Crippen MR) is 50.4 cm³/mol. The number of benzene rings is 1. The van der Waals surface area contributed by atoms with E-state index < -0.39 is 0 Å². The van der Waals surface area contributed by atoms with Crippen molar-refractivity contribution >= 4 is 0 Å². The van der Waals surface area contributed by atoms with Crippen LogP contribution in [0.5, 0.6) is 11.5 Å². The SMILES string of the molecule is COc1[c]c(C2CC2)ccc1OC. The number of hydrogen-bond donors (Lipinski definition) is 0. The Morgan fingerprint density at radius 1 is 1.23 bits per heavy atom. The molecule has 2 nitrogen and oxygen atoms in total. The molecular formula is C11H13O2. The molecular weight excluding hydrogens is 164 g/mol. The van der Waals surface area contributed by atoms with Gasteiger partial charge in [-0.25, -0.2) is 0 Å². The lowest BCUT2D eigenvalue weighted by Gasteiger charge is -2.07. The molecule has 1 saturated carbocycles. The van der Waals surface area contributed by atoms with Crippen molar-refractivity contribution in [3.63, 3.8) is 0 Å². The highest BCUT2D eigenvalue weighted by atomic mass is 16.5. The molecule has 0 amide bonds. The zero-order valence-corrected chi connectivity index (χ0v) is 7.96. The van der Waals surface area contributed by atoms with Gasteiger partial charge >= 0.3 is 0 Å². The highest BCUT2D eigenvalue weighted by Crippen LogP contribution is 2.42. The Kier molecular flexibility index (Phi) is 2.13. The highest BCUT2D eigenvalue weighted by molar-refractivity contribution is 5.43. The molecule has 0 unspecified atom stereocenters. The summed E-state index contributed by atoms with van der Waals surface area (Å²) >= 11 is 0. The van der Waals surface area contributed by atoms with Crippen molar-refractivity contribution in [2.24, 2.45) is 0 Å². The molecule has 0 atom stereocenters. The second-order valence-electron chi connectivity index (χ2n) is 3.29. The van der Waals surface area contributed by atoms with E-state index in [1.165, 1.54) is 18.4 Å². The first kappa shape index (κ1) is 8.42. The van der Waals surface area contributed by atoms with Crippen LogP contribution in [0.15, 0.2) is 12.1 Å². The lowest BCUT2D eigenvalue weighted by Crippen LogP contribution is -1.92. The van der Waals surface area contributed by atoms with Crippen molar-refractivity contribution in [2.75, 3.05) is 14.2 Å². The van der Waals surface area contributed by atoms with Crippen molar-refractivity contribution in [3.8, 4) is 11.5 Å². The van der Waals surface area contributed by atoms with E-state index in [1.807, 2.05) is 6.07 Å². The van der Waals surface area contributed by atoms with Crippen molar-refractivity contribution in [3.05, 3.63) is 23.8 Å². The van der Waals surface area contributed by atoms with E-state index in [0.717, 1.165) is 5.75 Å². The van der Waals surface area contributed by atoms with Gasteiger partial charge in [0.1, 0.15) is 0 Å². The van der Waals surface area contributed by atoms with E-state index in [0.29, 0.717) is 11.7 Å². The van der Waals surface area contributed by atoms with Gasteiger partial charge in [-0.2, -0.15) is 0 Å². The molecule has 1 radical (unpaired) electrons. The summed E-state index contributed by atoms with van der Waals surface area (Å²) in [5.41, 5.74) is 1.25. The quantitative estimate of drug-likeness (QED) is 0.705. The van der Waals surface area contributed by atoms with Gasteiger partial charge in [-0.3, -0.25) is 0 Å². The minimum absolute atomic E-state index is 0.708. The molecule has 1 aromatic rings. The van der Waals surface area contributed by atoms with E-state index in [2.05, 4.69) is 12.1 Å². The summed E-state index contributed by atoms with van der Waals surface area (Å²) in [5, 5.41) is 0. The molecule has 0 aliphatic heterocycles. The number of rotatable bonds is 3. The Labute approximate surface area is 78.5 Å². The van der Waals surface area contributed by atoms with Gasteiger partial charge in [0.05, 0.1) is 14.2 Å². The summed E-state index contributed by atoms with van der Waals surface area (Å²) in [6.07, 6.45) is 2.57. The van der Waals surface area contributed by atoms with Gasteiger partial charge in [0.15, 0.2) is 11.5 Å². The second-order valence-corrected chi connectivity index (χ2v) is 3.29. The molecule has 1 aliphatic rings. The molecule has 1 aromatic carbocycles. The van der Waals surface area contributed by atoms with E-state index in [4.69, 9.17) is 9.47 Å². The van der Waals surface area contributed by atoms with Crippen LogP contribution in [0.1, 0.15) is 24.3 Å². The lowest BCUT2D eigenvalue weighted by atomic mass is 10.1. The Bertz CT molecular complexity index is 303. The van der Waals surface area contributed by atoms with Crippen LogP contribution in [0.3, 0.4) is 0 Å². The van der Waals surface area contributed by atoms with Crippen LogP contribution < -0.4 is 9.47 Å². The summed E-state index contributed by atoms with van der Waals surface area (Å²) in [5.74, 6) is 2.18. The van der Waals surface area contributed by atoms with E-state index in [-0.39, 0.29) is 0 Å². The first-order valence-corrected chi connectivity index (χ1v) is 4.49. The summed E-state index contributed by atoms with van der Waals surface area (Å²) in [6, 6.07) is 7.24. The van der Waals surface area contributed by atoms with Gasteiger partial charge in [0, 0.05) is 6.07 Å². The maximum atomic E-state index is 5.17. The van der Waals surface area contributed by atoms with Gasteiger partial charge in [-0.15, -0.1) is 0 Å². The topological polar surface area (TPSA) is 18.5 Å². The maximum Gasteiger partial charge on any atom is 0.168 e. The maximum absolute atomic E-state index is 5.17. The summed E-state index contributed by atoms with van der Waals surface area (Å²) in [6.45, 7) is 0. The van der Waals surface area contributed by atoms with Gasteiger partial charge in [0.2, 0.25) is 0 Å². The summed E-state index contributed by atoms with van der Waals surface area (Å²) < 4.78 is 10.3. The Hall–Kier alpha value is -1.18. The van der Waals surface area contributed by atoms with E-state index >= 15 is 0 Å². The molecule has 1 aliphatic carbocycles. The normalized spacial score (nSPS) is 15.5. The van der Waals surface area contributed by atoms with Crippen molar-refractivity contribution < 1.29 is 9.47 Å². The molecule has 0 bridgehead atoms. The third-order valence-electron chi connectivity index (χ3n) is 2.34. The number of hydrogen-bond acceptors (Lipinski definition) is 2. The second kappa shape index (κ2) is 3.29. The smallest absolute Gasteiger partial charge is 0.168 e. The fourth-order valence-electron chi connectivity index (χ4n) is 1.42. The van der Waals surface area contributed by atoms with Gasteiger partial charge in [-0.1, -0.05) is 6.07 Å². The standard InChI is InChI=1S/C11H13O2/c1-12-10-6-5-9(8-3-4-8)7-11(10)13-2/h5-6,8H,3-4H2,1-2H3. The van der Waals surface area contributed by atoms with Crippen LogP contribution in [0.2, 0.25) is 0 Å². The molecule has 0 heterocycles. The first-order valence-electron chi connectivity index (χ1n) is 4.49. The monoisotopic (exact) mass is 177 g/mol. The molecule has 1 fully saturated rings. The van der Waals surface area contributed by atoms with Crippen molar-refractivity contribution in [2.45, 2.75) is 18.8 Å². The van der Waals surface area contributed by atoms with Crippen LogP contribution in [0, 0.1) is 6.07 Å². The summed E-state index contributed by atoms with van der Waals surface area (Å²) in [4.78, 5) is 0. The van der Waals surface area contributed by atoms with E-state index in [1.54, 1.807) is 14.2 Å². The molecule has 69 valence electrons. The van der Waals surface area contributed by atoms with Gasteiger partial charge in [0.25, 0.3) is 0 Å². The van der Waals surface area contributed by atoms with Crippen LogP contribution in [0.4, 0.5) is 0 Å². The average molecular weight is 177 g/mol. The number of methoxy groups -OCH3 is 2. The lowest BCUT2D eigenvalue weighted by molar-refractivity contribution is 0.354. The first-order chi connectivity index (χ1) is 6.35. The molecule has 0 N–H and O–H groups in total. The fraction of sp³-hybridized carbons (Fsp3) is 0.455. The van der Waals surface area contributed by atoms with Crippen LogP contribution >= 0.6 is 0 Å². The van der Waals surface area contributed by atoms with Crippen LogP contribution in [-0.4, -0.2) is 14.2 Å². The predicted octanol–water partition coefficient (Wildman–Crippen LogP) is 2.38. The Morgan fingerprint density at radius 2 is 2.00 bits per heavy atom. The molecule has 13 heavy (non-hydrogen) atoms. The third kappa shape index (κ3) is 1.62. The summed E-state index contributed by atoms with van der Waals surface area (Å²) in [7, 11) is 3.29. The van der Waals surface area contributed by atoms with Crippen molar-refractivity contribution in [1.29, 1.82) is 0 Å². The van der Waals surface area contributed by atoms with E-state index in [9.17, 15) is 0 Å². The van der Waals surface area contributed by atoms with Crippen LogP contribution in [-0.2, 0) is 0 Å². The average Bonchev–Trinajstić information content (AvgIpc) is 3.00. The zero-order chi connectivity index (χ0) is 9.26.